The lowest BCUT2D eigenvalue weighted by atomic mass is 10.0. The predicted molar refractivity (Wildman–Crippen MR) is 132 cm³/mol. The van der Waals surface area contributed by atoms with Crippen LogP contribution in [0.3, 0.4) is 0 Å². The van der Waals surface area contributed by atoms with E-state index in [2.05, 4.69) is 46.4 Å². The Morgan fingerprint density at radius 2 is 1.03 bits per heavy atom. The van der Waals surface area contributed by atoms with Gasteiger partial charge in [0.25, 0.3) is 0 Å². The summed E-state index contributed by atoms with van der Waals surface area (Å²) in [6.45, 7) is 4.33. The Morgan fingerprint density at radius 1 is 0.588 bits per heavy atom. The Balaban J connectivity index is 1.38. The van der Waals surface area contributed by atoms with Crippen LogP contribution >= 0.6 is 0 Å². The van der Waals surface area contributed by atoms with Gasteiger partial charge in [-0.1, -0.05) is 32.0 Å². The van der Waals surface area contributed by atoms with Gasteiger partial charge in [0.2, 0.25) is 23.6 Å². The normalized spacial score (nSPS) is 11.2. The summed E-state index contributed by atoms with van der Waals surface area (Å²) in [4.78, 5) is 2.04. The van der Waals surface area contributed by atoms with Gasteiger partial charge in [-0.2, -0.15) is 0 Å². The third-order valence-corrected chi connectivity index (χ3v) is 5.66. The van der Waals surface area contributed by atoms with E-state index in [9.17, 15) is 0 Å². The summed E-state index contributed by atoms with van der Waals surface area (Å²) in [5, 5.41) is 16.9. The van der Waals surface area contributed by atoms with Gasteiger partial charge >= 0.3 is 0 Å². The van der Waals surface area contributed by atoms with Crippen LogP contribution in [0.2, 0.25) is 0 Å². The van der Waals surface area contributed by atoms with Gasteiger partial charge in [0, 0.05) is 42.0 Å². The van der Waals surface area contributed by atoms with Crippen molar-refractivity contribution in [1.82, 2.24) is 20.4 Å². The molecule has 5 aromatic rings. The zero-order chi connectivity index (χ0) is 23.7. The van der Waals surface area contributed by atoms with Crippen molar-refractivity contribution >= 4 is 5.69 Å². The fraction of sp³-hybridized carbons (Fsp3) is 0.185. The molecule has 0 fully saturated rings. The van der Waals surface area contributed by atoms with E-state index in [-0.39, 0.29) is 0 Å². The first-order chi connectivity index (χ1) is 16.5. The minimum absolute atomic E-state index is 0.428. The van der Waals surface area contributed by atoms with E-state index < -0.39 is 0 Å². The minimum atomic E-state index is 0.428. The van der Waals surface area contributed by atoms with E-state index in [1.807, 2.05) is 79.7 Å². The molecular weight excluding hydrogens is 426 g/mol. The van der Waals surface area contributed by atoms with Gasteiger partial charge in [0.1, 0.15) is 0 Å². The SMILES string of the molecule is CC(C)c1ccc(-c2nnc(-c3cccc(-c4nnc(-c5ccc(N(C)C)cc5)o4)c3)o2)cc1. The molecule has 0 amide bonds. The first-order valence-electron chi connectivity index (χ1n) is 11.1. The van der Waals surface area contributed by atoms with Gasteiger partial charge < -0.3 is 13.7 Å². The summed E-state index contributed by atoms with van der Waals surface area (Å²) in [5.74, 6) is 2.28. The summed E-state index contributed by atoms with van der Waals surface area (Å²) < 4.78 is 11.9. The van der Waals surface area contributed by atoms with Crippen LogP contribution in [0.25, 0.3) is 45.8 Å². The largest absolute Gasteiger partial charge is 0.416 e. The lowest BCUT2D eigenvalue weighted by Gasteiger charge is -2.11. The van der Waals surface area contributed by atoms with Crippen LogP contribution in [-0.2, 0) is 0 Å². The average molecular weight is 452 g/mol. The Hall–Kier alpha value is -4.26. The Morgan fingerprint density at radius 3 is 1.47 bits per heavy atom. The topological polar surface area (TPSA) is 81.1 Å². The number of benzene rings is 3. The van der Waals surface area contributed by atoms with Crippen molar-refractivity contribution in [2.45, 2.75) is 19.8 Å². The number of nitrogens with zero attached hydrogens (tertiary/aromatic N) is 5. The molecule has 34 heavy (non-hydrogen) atoms. The molecule has 2 aromatic heterocycles. The smallest absolute Gasteiger partial charge is 0.248 e. The van der Waals surface area contributed by atoms with Crippen LogP contribution in [0.5, 0.6) is 0 Å². The summed E-state index contributed by atoms with van der Waals surface area (Å²) in [7, 11) is 4.00. The Kier molecular flexibility index (Phi) is 5.67. The third kappa shape index (κ3) is 4.32. The lowest BCUT2D eigenvalue weighted by molar-refractivity contribution is 0.582. The summed E-state index contributed by atoms with van der Waals surface area (Å²) >= 11 is 0. The molecule has 170 valence electrons. The molecule has 5 rings (SSSR count). The van der Waals surface area contributed by atoms with E-state index in [1.54, 1.807) is 0 Å². The molecule has 0 atom stereocenters. The lowest BCUT2D eigenvalue weighted by Crippen LogP contribution is -2.07. The fourth-order valence-corrected chi connectivity index (χ4v) is 3.61. The highest BCUT2D eigenvalue weighted by atomic mass is 16.4. The van der Waals surface area contributed by atoms with Crippen molar-refractivity contribution in [3.8, 4) is 45.8 Å². The zero-order valence-corrected chi connectivity index (χ0v) is 19.6. The zero-order valence-electron chi connectivity index (χ0n) is 19.6. The monoisotopic (exact) mass is 451 g/mol. The van der Waals surface area contributed by atoms with Crippen molar-refractivity contribution in [2.24, 2.45) is 0 Å². The molecule has 7 nitrogen and oxygen atoms in total. The molecule has 0 saturated carbocycles. The second kappa shape index (κ2) is 8.94. The summed E-state index contributed by atoms with van der Waals surface area (Å²) in [6, 6.07) is 23.8. The Labute approximate surface area is 198 Å². The number of aromatic nitrogens is 4. The van der Waals surface area contributed by atoms with E-state index in [0.29, 0.717) is 29.5 Å². The van der Waals surface area contributed by atoms with Gasteiger partial charge in [-0.3, -0.25) is 0 Å². The maximum Gasteiger partial charge on any atom is 0.248 e. The standard InChI is InChI=1S/C27H25N5O2/c1-17(2)18-8-10-19(11-9-18)24-28-30-26(33-24)21-6-5-7-22(16-21)27-31-29-25(34-27)20-12-14-23(15-13-20)32(3)4/h5-17H,1-4H3. The molecule has 0 aliphatic heterocycles. The maximum absolute atomic E-state index is 5.96. The van der Waals surface area contributed by atoms with Crippen LogP contribution in [0.4, 0.5) is 5.69 Å². The fourth-order valence-electron chi connectivity index (χ4n) is 3.61. The highest BCUT2D eigenvalue weighted by molar-refractivity contribution is 5.66. The van der Waals surface area contributed by atoms with Crippen molar-refractivity contribution in [2.75, 3.05) is 19.0 Å². The minimum Gasteiger partial charge on any atom is -0.416 e. The number of anilines is 1. The first kappa shape index (κ1) is 21.6. The van der Waals surface area contributed by atoms with Crippen LogP contribution in [0.1, 0.15) is 25.3 Å². The van der Waals surface area contributed by atoms with E-state index in [0.717, 1.165) is 27.9 Å². The van der Waals surface area contributed by atoms with Crippen LogP contribution in [0.15, 0.2) is 81.6 Å². The van der Waals surface area contributed by atoms with Gasteiger partial charge in [-0.05, 0) is 66.1 Å². The molecule has 0 bridgehead atoms. The molecule has 0 aliphatic carbocycles. The second-order valence-electron chi connectivity index (χ2n) is 8.62. The second-order valence-corrected chi connectivity index (χ2v) is 8.62. The van der Waals surface area contributed by atoms with Gasteiger partial charge in [0.05, 0.1) is 0 Å². The highest BCUT2D eigenvalue weighted by Crippen LogP contribution is 2.30. The van der Waals surface area contributed by atoms with Crippen molar-refractivity contribution < 1.29 is 8.83 Å². The average Bonchev–Trinajstić information content (AvgIpc) is 3.55. The molecule has 3 aromatic carbocycles. The van der Waals surface area contributed by atoms with Crippen molar-refractivity contribution in [1.29, 1.82) is 0 Å². The maximum atomic E-state index is 5.96. The van der Waals surface area contributed by atoms with E-state index >= 15 is 0 Å². The van der Waals surface area contributed by atoms with Crippen LogP contribution < -0.4 is 4.90 Å². The molecule has 0 unspecified atom stereocenters. The summed E-state index contributed by atoms with van der Waals surface area (Å²) in [5.41, 5.74) is 5.69. The first-order valence-corrected chi connectivity index (χ1v) is 11.1. The van der Waals surface area contributed by atoms with Crippen molar-refractivity contribution in [3.63, 3.8) is 0 Å². The quantitative estimate of drug-likeness (QED) is 0.299. The van der Waals surface area contributed by atoms with Crippen molar-refractivity contribution in [3.05, 3.63) is 78.4 Å². The number of hydrogen-bond donors (Lipinski definition) is 0. The van der Waals surface area contributed by atoms with Gasteiger partial charge in [-0.15, -0.1) is 20.4 Å². The molecule has 2 heterocycles. The molecule has 0 N–H and O–H groups in total. The molecule has 0 saturated heterocycles. The molecule has 0 aliphatic rings. The van der Waals surface area contributed by atoms with Crippen LogP contribution in [0, 0.1) is 0 Å². The summed E-state index contributed by atoms with van der Waals surface area (Å²) in [6.07, 6.45) is 0. The molecule has 0 spiro atoms. The number of hydrogen-bond acceptors (Lipinski definition) is 7. The third-order valence-electron chi connectivity index (χ3n) is 5.66. The predicted octanol–water partition coefficient (Wildman–Crippen LogP) is 6.31. The molecule has 7 heteroatoms. The molecular formula is C27H25N5O2. The number of rotatable bonds is 6. The highest BCUT2D eigenvalue weighted by Gasteiger charge is 2.15. The molecule has 0 radical (unpaired) electrons. The van der Waals surface area contributed by atoms with Gasteiger partial charge in [0.15, 0.2) is 0 Å². The van der Waals surface area contributed by atoms with E-state index in [4.69, 9.17) is 8.83 Å². The van der Waals surface area contributed by atoms with Gasteiger partial charge in [-0.25, -0.2) is 0 Å². The Bertz CT molecular complexity index is 1290. The van der Waals surface area contributed by atoms with E-state index in [1.165, 1.54) is 5.56 Å². The van der Waals surface area contributed by atoms with Crippen LogP contribution in [-0.4, -0.2) is 34.5 Å².